The van der Waals surface area contributed by atoms with Crippen LogP contribution in [0.3, 0.4) is 0 Å². The van der Waals surface area contributed by atoms with E-state index in [1.54, 1.807) is 18.0 Å². The van der Waals surface area contributed by atoms with Crippen LogP contribution in [0.1, 0.15) is 66.1 Å². The van der Waals surface area contributed by atoms with Crippen molar-refractivity contribution in [1.29, 1.82) is 0 Å². The summed E-state index contributed by atoms with van der Waals surface area (Å²) in [5, 5.41) is 2.55. The highest BCUT2D eigenvalue weighted by Gasteiger charge is 2.33. The van der Waals surface area contributed by atoms with Gasteiger partial charge in [0.05, 0.1) is 5.56 Å². The highest BCUT2D eigenvalue weighted by atomic mass is 32.1. The zero-order valence-electron chi connectivity index (χ0n) is 17.0. The van der Waals surface area contributed by atoms with E-state index in [2.05, 4.69) is 4.98 Å². The number of thiazole rings is 1. The lowest BCUT2D eigenvalue weighted by Crippen LogP contribution is -2.47. The maximum absolute atomic E-state index is 13.2. The van der Waals surface area contributed by atoms with E-state index in [0.717, 1.165) is 42.4 Å². The molecule has 0 radical (unpaired) electrons. The molecule has 1 aromatic heterocycles. The summed E-state index contributed by atoms with van der Waals surface area (Å²) >= 11 is 1.45. The Morgan fingerprint density at radius 1 is 1.14 bits per heavy atom. The molecule has 1 fully saturated rings. The number of ether oxygens (including phenoxy) is 1. The van der Waals surface area contributed by atoms with E-state index in [9.17, 15) is 9.59 Å². The van der Waals surface area contributed by atoms with E-state index in [4.69, 9.17) is 4.74 Å². The van der Waals surface area contributed by atoms with Gasteiger partial charge in [0.15, 0.2) is 11.2 Å². The summed E-state index contributed by atoms with van der Waals surface area (Å²) < 4.78 is 5.62. The number of hydrogen-bond acceptors (Lipinski definition) is 5. The zero-order valence-corrected chi connectivity index (χ0v) is 17.8. The third-order valence-corrected chi connectivity index (χ3v) is 6.09. The Morgan fingerprint density at radius 2 is 1.79 bits per heavy atom. The maximum atomic E-state index is 13.2. The second-order valence-electron chi connectivity index (χ2n) is 7.64. The Morgan fingerprint density at radius 3 is 2.36 bits per heavy atom. The molecule has 6 heteroatoms. The summed E-state index contributed by atoms with van der Waals surface area (Å²) in [6.45, 7) is 7.44. The molecule has 1 amide bonds. The number of rotatable bonds is 5. The molecule has 0 bridgehead atoms. The molecule has 3 rings (SSSR count). The molecule has 1 aromatic carbocycles. The summed E-state index contributed by atoms with van der Waals surface area (Å²) in [7, 11) is 0. The lowest BCUT2D eigenvalue weighted by atomic mass is 9.94. The maximum Gasteiger partial charge on any atom is 0.339 e. The molecule has 0 spiro atoms. The third-order valence-electron chi connectivity index (χ3n) is 5.32. The van der Waals surface area contributed by atoms with Crippen LogP contribution >= 0.6 is 11.3 Å². The fourth-order valence-corrected chi connectivity index (χ4v) is 4.79. The van der Waals surface area contributed by atoms with Crippen molar-refractivity contribution in [3.63, 3.8) is 0 Å². The minimum atomic E-state index is -0.863. The van der Waals surface area contributed by atoms with Crippen LogP contribution in [0.15, 0.2) is 23.7 Å². The zero-order chi connectivity index (χ0) is 20.3. The predicted molar refractivity (Wildman–Crippen MR) is 112 cm³/mol. The Bertz CT molecular complexity index is 818. The molecular formula is C22H28N2O3S. The summed E-state index contributed by atoms with van der Waals surface area (Å²) in [5.41, 5.74) is 3.38. The van der Waals surface area contributed by atoms with Gasteiger partial charge in [0.25, 0.3) is 5.91 Å². The van der Waals surface area contributed by atoms with Crippen LogP contribution in [0, 0.1) is 20.8 Å². The van der Waals surface area contributed by atoms with E-state index in [1.165, 1.54) is 17.8 Å². The molecule has 2 aromatic rings. The lowest BCUT2D eigenvalue weighted by molar-refractivity contribution is -0.127. The number of hydrogen-bond donors (Lipinski definition) is 0. The first-order valence-corrected chi connectivity index (χ1v) is 10.8. The molecule has 1 atom stereocenters. The van der Waals surface area contributed by atoms with Gasteiger partial charge in [0, 0.05) is 17.6 Å². The molecule has 0 N–H and O–H groups in total. The van der Waals surface area contributed by atoms with Gasteiger partial charge in [-0.2, -0.15) is 0 Å². The molecular weight excluding hydrogens is 372 g/mol. The van der Waals surface area contributed by atoms with Crippen LogP contribution in [0.25, 0.3) is 0 Å². The lowest BCUT2D eigenvalue weighted by Gasteiger charge is -2.34. The minimum absolute atomic E-state index is 0.122. The Hall–Kier alpha value is -2.21. The molecule has 28 heavy (non-hydrogen) atoms. The summed E-state index contributed by atoms with van der Waals surface area (Å²) in [4.78, 5) is 32.2. The molecule has 5 nitrogen and oxygen atoms in total. The average Bonchev–Trinajstić information content (AvgIpc) is 3.16. The predicted octanol–water partition coefficient (Wildman–Crippen LogP) is 4.98. The number of aromatic nitrogens is 1. The van der Waals surface area contributed by atoms with Gasteiger partial charge in [0.2, 0.25) is 0 Å². The SMILES string of the molecule is Cc1cc(C)c(C(=O)OC(C)C(=O)N(c2nccs2)C2CCCCC2)c(C)c1. The highest BCUT2D eigenvalue weighted by molar-refractivity contribution is 7.13. The molecule has 1 unspecified atom stereocenters. The minimum Gasteiger partial charge on any atom is -0.449 e. The van der Waals surface area contributed by atoms with E-state index in [1.807, 2.05) is 38.3 Å². The summed E-state index contributed by atoms with van der Waals surface area (Å²) in [6.07, 6.45) is 6.18. The number of anilines is 1. The van der Waals surface area contributed by atoms with Crippen molar-refractivity contribution in [2.24, 2.45) is 0 Å². The first-order chi connectivity index (χ1) is 13.4. The van der Waals surface area contributed by atoms with Crippen molar-refractivity contribution >= 4 is 28.3 Å². The van der Waals surface area contributed by atoms with Gasteiger partial charge in [0.1, 0.15) is 0 Å². The first-order valence-electron chi connectivity index (χ1n) is 9.90. The number of carbonyl (C=O) groups is 2. The Labute approximate surface area is 170 Å². The van der Waals surface area contributed by atoms with E-state index < -0.39 is 12.1 Å². The number of amides is 1. The van der Waals surface area contributed by atoms with E-state index >= 15 is 0 Å². The smallest absolute Gasteiger partial charge is 0.339 e. The quantitative estimate of drug-likeness (QED) is 0.664. The second kappa shape index (κ2) is 8.86. The van der Waals surface area contributed by atoms with Crippen molar-refractivity contribution in [3.05, 3.63) is 46.0 Å². The number of aryl methyl sites for hydroxylation is 3. The standard InChI is InChI=1S/C22H28N2O3S/c1-14-12-15(2)19(16(3)13-14)21(26)27-17(4)20(25)24(22-23-10-11-28-22)18-8-6-5-7-9-18/h10-13,17-18H,5-9H2,1-4H3. The molecule has 1 aliphatic rings. The molecule has 0 saturated heterocycles. The van der Waals surface area contributed by atoms with Crippen LogP contribution in [0.5, 0.6) is 0 Å². The van der Waals surface area contributed by atoms with Crippen LogP contribution in [0.2, 0.25) is 0 Å². The van der Waals surface area contributed by atoms with Gasteiger partial charge in [-0.25, -0.2) is 9.78 Å². The van der Waals surface area contributed by atoms with Crippen molar-refractivity contribution in [1.82, 2.24) is 4.98 Å². The Balaban J connectivity index is 1.79. The van der Waals surface area contributed by atoms with Crippen molar-refractivity contribution in [3.8, 4) is 0 Å². The van der Waals surface area contributed by atoms with E-state index in [-0.39, 0.29) is 11.9 Å². The number of carbonyl (C=O) groups excluding carboxylic acids is 2. The number of esters is 1. The van der Waals surface area contributed by atoms with Crippen LogP contribution in [0.4, 0.5) is 5.13 Å². The molecule has 1 aliphatic carbocycles. The fourth-order valence-electron chi connectivity index (χ4n) is 4.07. The van der Waals surface area contributed by atoms with Crippen molar-refractivity contribution in [2.75, 3.05) is 4.90 Å². The average molecular weight is 401 g/mol. The first kappa shape index (κ1) is 20.5. The van der Waals surface area contributed by atoms with Crippen LogP contribution in [-0.2, 0) is 9.53 Å². The van der Waals surface area contributed by atoms with Crippen LogP contribution < -0.4 is 4.90 Å². The third kappa shape index (κ3) is 4.43. The highest BCUT2D eigenvalue weighted by Crippen LogP contribution is 2.30. The van der Waals surface area contributed by atoms with E-state index in [0.29, 0.717) is 10.7 Å². The summed E-state index contributed by atoms with van der Waals surface area (Å²) in [5.74, 6) is -0.642. The van der Waals surface area contributed by atoms with Crippen molar-refractivity contribution in [2.45, 2.75) is 71.9 Å². The van der Waals surface area contributed by atoms with Crippen molar-refractivity contribution < 1.29 is 14.3 Å². The van der Waals surface area contributed by atoms with Gasteiger partial charge < -0.3 is 4.74 Å². The summed E-state index contributed by atoms with van der Waals surface area (Å²) in [6, 6.07) is 4.04. The number of benzene rings is 1. The van der Waals surface area contributed by atoms with Gasteiger partial charge >= 0.3 is 5.97 Å². The second-order valence-corrected chi connectivity index (χ2v) is 8.51. The van der Waals surface area contributed by atoms with Crippen LogP contribution in [-0.4, -0.2) is 29.0 Å². The van der Waals surface area contributed by atoms with Gasteiger partial charge in [-0.15, -0.1) is 11.3 Å². The fraction of sp³-hybridized carbons (Fsp3) is 0.500. The number of nitrogens with zero attached hydrogens (tertiary/aromatic N) is 2. The molecule has 0 aliphatic heterocycles. The topological polar surface area (TPSA) is 59.5 Å². The molecule has 150 valence electrons. The monoisotopic (exact) mass is 400 g/mol. The Kier molecular flexibility index (Phi) is 6.50. The molecule has 1 saturated carbocycles. The van der Waals surface area contributed by atoms with Gasteiger partial charge in [-0.3, -0.25) is 9.69 Å². The van der Waals surface area contributed by atoms with Gasteiger partial charge in [-0.1, -0.05) is 37.0 Å². The molecule has 1 heterocycles. The largest absolute Gasteiger partial charge is 0.449 e. The van der Waals surface area contributed by atoms with Gasteiger partial charge in [-0.05, 0) is 51.7 Å². The normalized spacial score (nSPS) is 15.9.